The predicted octanol–water partition coefficient (Wildman–Crippen LogP) is 4.53. The minimum absolute atomic E-state index is 0.127. The number of halogens is 1. The van der Waals surface area contributed by atoms with Crippen molar-refractivity contribution in [2.24, 2.45) is 5.10 Å². The highest BCUT2D eigenvalue weighted by Gasteiger charge is 2.08. The Morgan fingerprint density at radius 3 is 2.63 bits per heavy atom. The molecule has 0 aliphatic carbocycles. The Morgan fingerprint density at radius 2 is 1.85 bits per heavy atom. The van der Waals surface area contributed by atoms with E-state index >= 15 is 0 Å². The van der Waals surface area contributed by atoms with Crippen LogP contribution < -0.4 is 14.9 Å². The molecule has 0 heterocycles. The maximum absolute atomic E-state index is 11.9. The topological polar surface area (TPSA) is 59.9 Å². The molecule has 0 aromatic heterocycles. The van der Waals surface area contributed by atoms with Crippen LogP contribution in [0.5, 0.6) is 11.5 Å². The largest absolute Gasteiger partial charge is 0.494 e. The van der Waals surface area contributed by atoms with Crippen molar-refractivity contribution >= 4 is 38.8 Å². The third-order valence-electron chi connectivity index (χ3n) is 3.78. The highest BCUT2D eigenvalue weighted by molar-refractivity contribution is 9.10. The van der Waals surface area contributed by atoms with Gasteiger partial charge in [0.05, 0.1) is 17.3 Å². The van der Waals surface area contributed by atoms with Crippen LogP contribution in [0.1, 0.15) is 12.5 Å². The molecule has 0 bridgehead atoms. The molecule has 3 aromatic rings. The van der Waals surface area contributed by atoms with E-state index in [1.54, 1.807) is 6.21 Å². The second kappa shape index (κ2) is 9.19. The quantitative estimate of drug-likeness (QED) is 0.445. The average molecular weight is 427 g/mol. The van der Waals surface area contributed by atoms with Gasteiger partial charge in [0.15, 0.2) is 6.61 Å². The Kier molecular flexibility index (Phi) is 6.44. The lowest BCUT2D eigenvalue weighted by molar-refractivity contribution is -0.123. The molecule has 6 heteroatoms. The molecule has 0 atom stereocenters. The number of nitrogens with zero attached hydrogens (tertiary/aromatic N) is 1. The van der Waals surface area contributed by atoms with Gasteiger partial charge in [0.1, 0.15) is 11.5 Å². The molecule has 27 heavy (non-hydrogen) atoms. The van der Waals surface area contributed by atoms with E-state index in [0.29, 0.717) is 12.4 Å². The summed E-state index contributed by atoms with van der Waals surface area (Å²) in [4.78, 5) is 11.9. The van der Waals surface area contributed by atoms with Gasteiger partial charge in [0.2, 0.25) is 0 Å². The zero-order valence-electron chi connectivity index (χ0n) is 14.8. The van der Waals surface area contributed by atoms with Gasteiger partial charge in [0, 0.05) is 0 Å². The summed E-state index contributed by atoms with van der Waals surface area (Å²) in [5.41, 5.74) is 3.32. The Labute approximate surface area is 166 Å². The zero-order valence-corrected chi connectivity index (χ0v) is 16.4. The molecule has 0 saturated carbocycles. The number of fused-ring (bicyclic) bond motifs is 1. The smallest absolute Gasteiger partial charge is 0.277 e. The van der Waals surface area contributed by atoms with Crippen LogP contribution in [0.4, 0.5) is 0 Å². The Bertz CT molecular complexity index is 955. The van der Waals surface area contributed by atoms with Crippen LogP contribution in [0.15, 0.2) is 70.2 Å². The minimum atomic E-state index is -0.336. The number of nitrogens with one attached hydrogen (secondary N) is 1. The van der Waals surface area contributed by atoms with Crippen molar-refractivity contribution in [2.75, 3.05) is 13.2 Å². The van der Waals surface area contributed by atoms with E-state index in [9.17, 15) is 4.79 Å². The number of amides is 1. The van der Waals surface area contributed by atoms with Crippen molar-refractivity contribution < 1.29 is 14.3 Å². The summed E-state index contributed by atoms with van der Waals surface area (Å²) in [6.07, 6.45) is 1.57. The van der Waals surface area contributed by atoms with Gasteiger partial charge in [-0.15, -0.1) is 0 Å². The Balaban J connectivity index is 1.53. The number of rotatable bonds is 7. The van der Waals surface area contributed by atoms with E-state index in [-0.39, 0.29) is 12.5 Å². The van der Waals surface area contributed by atoms with Crippen LogP contribution in [-0.2, 0) is 4.79 Å². The van der Waals surface area contributed by atoms with Crippen molar-refractivity contribution in [3.05, 3.63) is 70.7 Å². The summed E-state index contributed by atoms with van der Waals surface area (Å²) in [6.45, 7) is 2.43. The fraction of sp³-hybridized carbons (Fsp3) is 0.143. The maximum atomic E-state index is 11.9. The van der Waals surface area contributed by atoms with E-state index < -0.39 is 0 Å². The summed E-state index contributed by atoms with van der Waals surface area (Å²) in [7, 11) is 0. The summed E-state index contributed by atoms with van der Waals surface area (Å²) >= 11 is 3.54. The SMILES string of the molecule is CCOc1ccc(C=NNC(=O)COc2ccc3ccccc3c2Br)cc1. The first-order valence-corrected chi connectivity index (χ1v) is 9.31. The summed E-state index contributed by atoms with van der Waals surface area (Å²) in [5, 5.41) is 6.07. The van der Waals surface area contributed by atoms with Crippen LogP contribution in [0.3, 0.4) is 0 Å². The van der Waals surface area contributed by atoms with Gasteiger partial charge < -0.3 is 9.47 Å². The third kappa shape index (κ3) is 5.08. The number of benzene rings is 3. The molecule has 0 spiro atoms. The van der Waals surface area contributed by atoms with Crippen LogP contribution in [0.2, 0.25) is 0 Å². The molecule has 5 nitrogen and oxygen atoms in total. The highest BCUT2D eigenvalue weighted by Crippen LogP contribution is 2.32. The molecule has 0 unspecified atom stereocenters. The van der Waals surface area contributed by atoms with E-state index in [4.69, 9.17) is 9.47 Å². The Morgan fingerprint density at radius 1 is 1.07 bits per heavy atom. The number of hydrazone groups is 1. The fourth-order valence-corrected chi connectivity index (χ4v) is 3.10. The summed E-state index contributed by atoms with van der Waals surface area (Å²) in [5.74, 6) is 1.07. The molecular weight excluding hydrogens is 408 g/mol. The van der Waals surface area contributed by atoms with E-state index in [2.05, 4.69) is 26.5 Å². The van der Waals surface area contributed by atoms with Crippen molar-refractivity contribution in [3.63, 3.8) is 0 Å². The Hall–Kier alpha value is -2.86. The molecule has 1 N–H and O–H groups in total. The molecule has 1 amide bonds. The van der Waals surface area contributed by atoms with Gasteiger partial charge in [-0.2, -0.15) is 5.10 Å². The van der Waals surface area contributed by atoms with Gasteiger partial charge in [-0.1, -0.05) is 30.3 Å². The van der Waals surface area contributed by atoms with Gasteiger partial charge >= 0.3 is 0 Å². The summed E-state index contributed by atoms with van der Waals surface area (Å²) < 4.78 is 11.8. The van der Waals surface area contributed by atoms with Crippen LogP contribution in [0, 0.1) is 0 Å². The average Bonchev–Trinajstić information content (AvgIpc) is 2.69. The minimum Gasteiger partial charge on any atom is -0.494 e. The first-order chi connectivity index (χ1) is 13.2. The number of hydrogen-bond acceptors (Lipinski definition) is 4. The number of hydrogen-bond donors (Lipinski definition) is 1. The first-order valence-electron chi connectivity index (χ1n) is 8.52. The number of carbonyl (C=O) groups is 1. The monoisotopic (exact) mass is 426 g/mol. The van der Waals surface area contributed by atoms with Gasteiger partial charge in [-0.3, -0.25) is 4.79 Å². The number of ether oxygens (including phenoxy) is 2. The van der Waals surface area contributed by atoms with E-state index in [1.807, 2.05) is 67.6 Å². The van der Waals surface area contributed by atoms with Crippen LogP contribution in [-0.4, -0.2) is 25.3 Å². The van der Waals surface area contributed by atoms with E-state index in [1.165, 1.54) is 0 Å². The van der Waals surface area contributed by atoms with Crippen LogP contribution >= 0.6 is 15.9 Å². The third-order valence-corrected chi connectivity index (χ3v) is 4.60. The van der Waals surface area contributed by atoms with Crippen molar-refractivity contribution in [1.29, 1.82) is 0 Å². The molecule has 0 radical (unpaired) electrons. The van der Waals surface area contributed by atoms with Crippen molar-refractivity contribution in [1.82, 2.24) is 5.43 Å². The lowest BCUT2D eigenvalue weighted by atomic mass is 10.1. The van der Waals surface area contributed by atoms with Gasteiger partial charge in [-0.05, 0) is 69.5 Å². The lowest BCUT2D eigenvalue weighted by Crippen LogP contribution is -2.24. The molecule has 3 aromatic carbocycles. The maximum Gasteiger partial charge on any atom is 0.277 e. The number of carbonyl (C=O) groups excluding carboxylic acids is 1. The molecule has 0 fully saturated rings. The molecule has 138 valence electrons. The lowest BCUT2D eigenvalue weighted by Gasteiger charge is -2.09. The zero-order chi connectivity index (χ0) is 19.1. The first kappa shape index (κ1) is 18.9. The van der Waals surface area contributed by atoms with Gasteiger partial charge in [-0.25, -0.2) is 5.43 Å². The molecular formula is C21H19BrN2O3. The fourth-order valence-electron chi connectivity index (χ4n) is 2.50. The van der Waals surface area contributed by atoms with Crippen molar-refractivity contribution in [3.8, 4) is 11.5 Å². The normalized spacial score (nSPS) is 10.9. The highest BCUT2D eigenvalue weighted by atomic mass is 79.9. The molecule has 0 aliphatic rings. The molecule has 0 saturated heterocycles. The van der Waals surface area contributed by atoms with Gasteiger partial charge in [0.25, 0.3) is 5.91 Å². The second-order valence-electron chi connectivity index (χ2n) is 5.68. The molecule has 0 aliphatic heterocycles. The van der Waals surface area contributed by atoms with Crippen LogP contribution in [0.25, 0.3) is 10.8 Å². The summed E-state index contributed by atoms with van der Waals surface area (Å²) in [6, 6.07) is 19.2. The van der Waals surface area contributed by atoms with Crippen molar-refractivity contribution in [2.45, 2.75) is 6.92 Å². The predicted molar refractivity (Wildman–Crippen MR) is 110 cm³/mol. The van der Waals surface area contributed by atoms with E-state index in [0.717, 1.165) is 26.6 Å². The second-order valence-corrected chi connectivity index (χ2v) is 6.48. The standard InChI is InChI=1S/C21H19BrN2O3/c1-2-26-17-10-7-15(8-11-17)13-23-24-20(25)14-27-19-12-9-16-5-3-4-6-18(16)21(19)22/h3-13H,2,14H2,1H3,(H,24,25). The molecule has 3 rings (SSSR count).